The van der Waals surface area contributed by atoms with Crippen LogP contribution < -0.4 is 10.2 Å². The third kappa shape index (κ3) is 5.43. The van der Waals surface area contributed by atoms with E-state index < -0.39 is 18.5 Å². The second-order valence-electron chi connectivity index (χ2n) is 5.07. The molecule has 26 heavy (non-hydrogen) atoms. The molecule has 0 spiro atoms. The average molecular weight is 370 g/mol. The molecule has 0 aliphatic heterocycles. The van der Waals surface area contributed by atoms with Crippen LogP contribution in [0.1, 0.15) is 16.9 Å². The first-order valence-corrected chi connectivity index (χ1v) is 8.73. The number of carbonyl (C=O) groups excluding carboxylic acids is 2. The highest BCUT2D eigenvalue weighted by atomic mass is 32.1. The van der Waals surface area contributed by atoms with E-state index in [0.29, 0.717) is 17.4 Å². The summed E-state index contributed by atoms with van der Waals surface area (Å²) in [4.78, 5) is 30.0. The molecule has 1 aromatic carbocycles. The number of aromatic nitrogens is 1. The fourth-order valence-electron chi connectivity index (χ4n) is 2.05. The van der Waals surface area contributed by atoms with Gasteiger partial charge in [0.15, 0.2) is 17.4 Å². The van der Waals surface area contributed by atoms with Gasteiger partial charge < -0.3 is 15.0 Å². The smallest absolute Gasteiger partial charge is 0.358 e. The summed E-state index contributed by atoms with van der Waals surface area (Å²) < 4.78 is 5.07. The highest BCUT2D eigenvalue weighted by Crippen LogP contribution is 2.17. The molecule has 0 saturated carbocycles. The molecule has 0 saturated heterocycles. The number of thiazole rings is 1. The summed E-state index contributed by atoms with van der Waals surface area (Å²) in [6.45, 7) is 3.92. The number of para-hydroxylation sites is 1. The first-order valence-electron chi connectivity index (χ1n) is 7.85. The zero-order valence-corrected chi connectivity index (χ0v) is 14.9. The number of hydrogen-bond donors (Lipinski definition) is 1. The van der Waals surface area contributed by atoms with Crippen LogP contribution in [-0.2, 0) is 9.53 Å². The van der Waals surface area contributed by atoms with Crippen molar-refractivity contribution < 1.29 is 14.3 Å². The van der Waals surface area contributed by atoms with E-state index in [9.17, 15) is 9.59 Å². The normalized spacial score (nSPS) is 9.81. The molecule has 0 bridgehead atoms. The lowest BCUT2D eigenvalue weighted by Crippen LogP contribution is -2.35. The van der Waals surface area contributed by atoms with Gasteiger partial charge in [-0.25, -0.2) is 9.78 Å². The predicted molar refractivity (Wildman–Crippen MR) is 100 cm³/mol. The van der Waals surface area contributed by atoms with E-state index in [1.54, 1.807) is 35.7 Å². The van der Waals surface area contributed by atoms with E-state index in [0.717, 1.165) is 0 Å². The van der Waals surface area contributed by atoms with E-state index in [1.807, 2.05) is 12.1 Å². The maximum absolute atomic E-state index is 12.4. The summed E-state index contributed by atoms with van der Waals surface area (Å²) in [6, 6.07) is 10.9. The van der Waals surface area contributed by atoms with Crippen molar-refractivity contribution in [3.8, 4) is 6.07 Å². The lowest BCUT2D eigenvalue weighted by Gasteiger charge is -2.21. The van der Waals surface area contributed by atoms with Crippen LogP contribution >= 0.6 is 11.3 Å². The number of esters is 1. The minimum atomic E-state index is -0.672. The van der Waals surface area contributed by atoms with Crippen molar-refractivity contribution in [2.75, 3.05) is 29.9 Å². The summed E-state index contributed by atoms with van der Waals surface area (Å²) >= 11 is 1.26. The molecular formula is C18H18N4O3S. The molecule has 1 amide bonds. The Kier molecular flexibility index (Phi) is 7.33. The number of carbonyl (C=O) groups is 2. The van der Waals surface area contributed by atoms with Gasteiger partial charge in [0.2, 0.25) is 0 Å². The van der Waals surface area contributed by atoms with Gasteiger partial charge in [0, 0.05) is 24.2 Å². The minimum Gasteiger partial charge on any atom is -0.451 e. The SMILES string of the molecule is C=CCNc1nc(C(=O)OCC(=O)N(CCC#N)c2ccccc2)cs1. The fraction of sp³-hybridized carbons (Fsp3) is 0.222. The van der Waals surface area contributed by atoms with Gasteiger partial charge in [0.05, 0.1) is 12.5 Å². The van der Waals surface area contributed by atoms with E-state index >= 15 is 0 Å². The van der Waals surface area contributed by atoms with Crippen molar-refractivity contribution in [1.29, 1.82) is 5.26 Å². The van der Waals surface area contributed by atoms with E-state index in [4.69, 9.17) is 10.00 Å². The molecule has 1 N–H and O–H groups in total. The van der Waals surface area contributed by atoms with Gasteiger partial charge in [-0.15, -0.1) is 17.9 Å². The monoisotopic (exact) mass is 370 g/mol. The van der Waals surface area contributed by atoms with Gasteiger partial charge in [-0.3, -0.25) is 4.79 Å². The van der Waals surface area contributed by atoms with Crippen molar-refractivity contribution in [3.05, 3.63) is 54.1 Å². The molecule has 0 radical (unpaired) electrons. The largest absolute Gasteiger partial charge is 0.451 e. The molecule has 0 aliphatic carbocycles. The number of rotatable bonds is 9. The van der Waals surface area contributed by atoms with Crippen molar-refractivity contribution in [1.82, 2.24) is 4.98 Å². The summed E-state index contributed by atoms with van der Waals surface area (Å²) in [5.74, 6) is -1.07. The number of amides is 1. The van der Waals surface area contributed by atoms with Gasteiger partial charge >= 0.3 is 5.97 Å². The van der Waals surface area contributed by atoms with Crippen molar-refractivity contribution >= 4 is 34.0 Å². The van der Waals surface area contributed by atoms with Crippen LogP contribution in [0.25, 0.3) is 0 Å². The molecule has 2 aromatic rings. The minimum absolute atomic E-state index is 0.137. The van der Waals surface area contributed by atoms with Gasteiger partial charge in [-0.1, -0.05) is 24.3 Å². The fourth-order valence-corrected chi connectivity index (χ4v) is 2.74. The Morgan fingerprint density at radius 2 is 2.15 bits per heavy atom. The molecule has 0 fully saturated rings. The van der Waals surface area contributed by atoms with Crippen LogP contribution in [0.2, 0.25) is 0 Å². The summed E-state index contributed by atoms with van der Waals surface area (Å²) in [5, 5.41) is 13.9. The van der Waals surface area contributed by atoms with Crippen LogP contribution in [0.5, 0.6) is 0 Å². The number of nitrogens with zero attached hydrogens (tertiary/aromatic N) is 3. The number of hydrogen-bond acceptors (Lipinski definition) is 7. The quantitative estimate of drug-likeness (QED) is 0.539. The summed E-state index contributed by atoms with van der Waals surface area (Å²) in [7, 11) is 0. The first-order chi connectivity index (χ1) is 12.7. The maximum atomic E-state index is 12.4. The Labute approximate surface area is 155 Å². The Bertz CT molecular complexity index is 798. The predicted octanol–water partition coefficient (Wildman–Crippen LogP) is 2.84. The zero-order chi connectivity index (χ0) is 18.8. The summed E-state index contributed by atoms with van der Waals surface area (Å²) in [6.07, 6.45) is 1.86. The van der Waals surface area contributed by atoms with Crippen molar-refractivity contribution in [2.24, 2.45) is 0 Å². The molecule has 7 nitrogen and oxygen atoms in total. The van der Waals surface area contributed by atoms with E-state index in [1.165, 1.54) is 16.2 Å². The maximum Gasteiger partial charge on any atom is 0.358 e. The van der Waals surface area contributed by atoms with Gasteiger partial charge in [0.1, 0.15) is 0 Å². The van der Waals surface area contributed by atoms with E-state index in [-0.39, 0.29) is 18.7 Å². The molecular weight excluding hydrogens is 352 g/mol. The number of nitriles is 1. The number of ether oxygens (including phenoxy) is 1. The standard InChI is InChI=1S/C18H18N4O3S/c1-2-10-20-18-21-15(13-26-18)17(24)25-12-16(23)22(11-6-9-19)14-7-4-3-5-8-14/h2-5,7-8,13H,1,6,10-12H2,(H,20,21). The topological polar surface area (TPSA) is 95.3 Å². The first kappa shape index (κ1) is 19.1. The van der Waals surface area contributed by atoms with Crippen LogP contribution in [0.3, 0.4) is 0 Å². The van der Waals surface area contributed by atoms with Gasteiger partial charge in [-0.2, -0.15) is 5.26 Å². The van der Waals surface area contributed by atoms with Crippen LogP contribution in [0.15, 0.2) is 48.4 Å². The van der Waals surface area contributed by atoms with Gasteiger partial charge in [0.25, 0.3) is 5.91 Å². The highest BCUT2D eigenvalue weighted by molar-refractivity contribution is 7.13. The number of nitrogens with one attached hydrogen (secondary N) is 1. The van der Waals surface area contributed by atoms with Gasteiger partial charge in [-0.05, 0) is 12.1 Å². The number of benzene rings is 1. The Hall–Kier alpha value is -3.18. The molecule has 2 rings (SSSR count). The molecule has 1 heterocycles. The summed E-state index contributed by atoms with van der Waals surface area (Å²) in [5.41, 5.74) is 0.783. The van der Waals surface area contributed by atoms with Crippen molar-refractivity contribution in [2.45, 2.75) is 6.42 Å². The molecule has 134 valence electrons. The van der Waals surface area contributed by atoms with Crippen LogP contribution in [0.4, 0.5) is 10.8 Å². The lowest BCUT2D eigenvalue weighted by molar-refractivity contribution is -0.121. The second kappa shape index (κ2) is 9.96. The Morgan fingerprint density at radius 3 is 2.85 bits per heavy atom. The molecule has 0 aliphatic rings. The number of anilines is 2. The zero-order valence-electron chi connectivity index (χ0n) is 14.1. The van der Waals surface area contributed by atoms with Crippen LogP contribution in [-0.4, -0.2) is 36.6 Å². The third-order valence-electron chi connectivity index (χ3n) is 3.25. The van der Waals surface area contributed by atoms with Crippen molar-refractivity contribution in [3.63, 3.8) is 0 Å². The third-order valence-corrected chi connectivity index (χ3v) is 4.05. The second-order valence-corrected chi connectivity index (χ2v) is 5.93. The highest BCUT2D eigenvalue weighted by Gasteiger charge is 2.19. The Morgan fingerprint density at radius 1 is 1.38 bits per heavy atom. The molecule has 1 aromatic heterocycles. The lowest BCUT2D eigenvalue weighted by atomic mass is 10.2. The molecule has 8 heteroatoms. The van der Waals surface area contributed by atoms with Crippen LogP contribution in [0, 0.1) is 11.3 Å². The average Bonchev–Trinajstić information content (AvgIpc) is 3.14. The van der Waals surface area contributed by atoms with E-state index in [2.05, 4.69) is 16.9 Å². The molecule has 0 atom stereocenters. The molecule has 0 unspecified atom stereocenters. The Balaban J connectivity index is 1.96.